The molecular weight excluding hydrogens is 336 g/mol. The van der Waals surface area contributed by atoms with E-state index in [-0.39, 0.29) is 0 Å². The molecule has 0 spiro atoms. The van der Waals surface area contributed by atoms with E-state index < -0.39 is 0 Å². The Kier molecular flexibility index (Phi) is 5.89. The molecule has 0 saturated heterocycles. The molecule has 0 atom stereocenters. The minimum atomic E-state index is 0.766. The fourth-order valence-electron chi connectivity index (χ4n) is 2.33. The summed E-state index contributed by atoms with van der Waals surface area (Å²) >= 11 is 0. The first-order chi connectivity index (χ1) is 13.1. The van der Waals surface area contributed by atoms with Gasteiger partial charge in [0.2, 0.25) is 0 Å². The Hall–Kier alpha value is -3.54. The molecule has 0 aliphatic heterocycles. The topological polar surface area (TPSA) is 64.7 Å². The van der Waals surface area contributed by atoms with Crippen LogP contribution in [0.15, 0.2) is 93.3 Å². The first-order valence-corrected chi connectivity index (χ1v) is 8.63. The van der Waals surface area contributed by atoms with E-state index in [0.717, 1.165) is 34.1 Å². The molecule has 6 nitrogen and oxygen atoms in total. The van der Waals surface area contributed by atoms with Gasteiger partial charge in [0.05, 0.1) is 22.7 Å². The van der Waals surface area contributed by atoms with Crippen LogP contribution in [0.4, 0.5) is 34.1 Å². The number of hydrogen-bond donors (Lipinski definition) is 1. The number of benzene rings is 3. The van der Waals surface area contributed by atoms with Gasteiger partial charge < -0.3 is 10.2 Å². The van der Waals surface area contributed by atoms with Crippen LogP contribution in [-0.2, 0) is 0 Å². The van der Waals surface area contributed by atoms with Crippen LogP contribution in [0.1, 0.15) is 0 Å². The van der Waals surface area contributed by atoms with E-state index in [1.807, 2.05) is 98.8 Å². The quantitative estimate of drug-likeness (QED) is 0.503. The lowest BCUT2D eigenvalue weighted by Gasteiger charge is -2.11. The van der Waals surface area contributed by atoms with E-state index in [1.54, 1.807) is 0 Å². The largest absolute Gasteiger partial charge is 0.388 e. The molecule has 136 valence electrons. The molecule has 0 amide bonds. The van der Waals surface area contributed by atoms with Crippen LogP contribution < -0.4 is 10.2 Å². The lowest BCUT2D eigenvalue weighted by Crippen LogP contribution is -2.07. The number of anilines is 2. The molecule has 0 bridgehead atoms. The van der Waals surface area contributed by atoms with Gasteiger partial charge in [0.1, 0.15) is 0 Å². The van der Waals surface area contributed by atoms with Gasteiger partial charge in [-0.1, -0.05) is 0 Å². The molecule has 3 aromatic carbocycles. The SMILES string of the molecule is CNc1ccc(N=Nc2ccc(N=Nc3ccc(N(C)C)cc3)cc2)cc1. The predicted octanol–water partition coefficient (Wildman–Crippen LogP) is 6.63. The highest BCUT2D eigenvalue weighted by Gasteiger charge is 1.96. The summed E-state index contributed by atoms with van der Waals surface area (Å²) in [6.45, 7) is 0. The summed E-state index contributed by atoms with van der Waals surface area (Å²) in [4.78, 5) is 2.04. The van der Waals surface area contributed by atoms with Crippen molar-refractivity contribution in [3.63, 3.8) is 0 Å². The van der Waals surface area contributed by atoms with Crippen LogP contribution in [0.5, 0.6) is 0 Å². The van der Waals surface area contributed by atoms with Gasteiger partial charge in [-0.25, -0.2) is 0 Å². The Morgan fingerprint density at radius 1 is 0.556 bits per heavy atom. The fraction of sp³-hybridized carbons (Fsp3) is 0.143. The zero-order valence-electron chi connectivity index (χ0n) is 15.7. The van der Waals surface area contributed by atoms with Crippen molar-refractivity contribution in [3.8, 4) is 0 Å². The lowest BCUT2D eigenvalue weighted by atomic mass is 10.3. The number of rotatable bonds is 6. The highest BCUT2D eigenvalue weighted by Crippen LogP contribution is 2.24. The molecule has 0 unspecified atom stereocenters. The molecular formula is C21H22N6. The first-order valence-electron chi connectivity index (χ1n) is 8.63. The summed E-state index contributed by atoms with van der Waals surface area (Å²) in [6, 6.07) is 23.2. The maximum atomic E-state index is 4.26. The van der Waals surface area contributed by atoms with Crippen LogP contribution in [0.3, 0.4) is 0 Å². The Morgan fingerprint density at radius 3 is 1.22 bits per heavy atom. The second kappa shape index (κ2) is 8.71. The van der Waals surface area contributed by atoms with Crippen molar-refractivity contribution in [2.24, 2.45) is 20.5 Å². The van der Waals surface area contributed by atoms with E-state index in [0.29, 0.717) is 0 Å². The highest BCUT2D eigenvalue weighted by atomic mass is 15.1. The molecule has 3 aromatic rings. The predicted molar refractivity (Wildman–Crippen MR) is 112 cm³/mol. The lowest BCUT2D eigenvalue weighted by molar-refractivity contribution is 1.13. The molecule has 0 heterocycles. The Morgan fingerprint density at radius 2 is 0.889 bits per heavy atom. The van der Waals surface area contributed by atoms with Gasteiger partial charge >= 0.3 is 0 Å². The number of nitrogens with zero attached hydrogens (tertiary/aromatic N) is 5. The average Bonchev–Trinajstić information content (AvgIpc) is 2.72. The van der Waals surface area contributed by atoms with Crippen molar-refractivity contribution in [2.75, 3.05) is 31.4 Å². The van der Waals surface area contributed by atoms with Gasteiger partial charge in [0.25, 0.3) is 0 Å². The normalized spacial score (nSPS) is 11.2. The zero-order chi connectivity index (χ0) is 19.1. The average molecular weight is 358 g/mol. The molecule has 0 saturated carbocycles. The summed E-state index contributed by atoms with van der Waals surface area (Å²) in [7, 11) is 5.90. The molecule has 27 heavy (non-hydrogen) atoms. The van der Waals surface area contributed by atoms with E-state index in [4.69, 9.17) is 0 Å². The maximum Gasteiger partial charge on any atom is 0.0858 e. The third-order valence-corrected chi connectivity index (χ3v) is 3.93. The number of hydrogen-bond acceptors (Lipinski definition) is 6. The standard InChI is InChI=1S/C21H22N6/c1-22-16-4-6-17(7-5-16)23-24-18-8-10-19(11-9-18)25-26-20-12-14-21(15-13-20)27(2)3/h4-15,22H,1-3H3. The fourth-order valence-corrected chi connectivity index (χ4v) is 2.33. The van der Waals surface area contributed by atoms with Gasteiger partial charge in [-0.15, -0.1) is 0 Å². The second-order valence-corrected chi connectivity index (χ2v) is 6.12. The summed E-state index contributed by atoms with van der Waals surface area (Å²) < 4.78 is 0. The maximum absolute atomic E-state index is 4.26. The van der Waals surface area contributed by atoms with Crippen molar-refractivity contribution in [1.29, 1.82) is 0 Å². The molecule has 0 fully saturated rings. The zero-order valence-corrected chi connectivity index (χ0v) is 15.7. The number of nitrogens with one attached hydrogen (secondary N) is 1. The van der Waals surface area contributed by atoms with Gasteiger partial charge in [-0.3, -0.25) is 0 Å². The summed E-state index contributed by atoms with van der Waals surface area (Å²) in [5, 5.41) is 20.1. The Bertz CT molecular complexity index is 910. The van der Waals surface area contributed by atoms with E-state index in [2.05, 4.69) is 25.8 Å². The van der Waals surface area contributed by atoms with Crippen LogP contribution in [0, 0.1) is 0 Å². The van der Waals surface area contributed by atoms with Crippen LogP contribution in [0.2, 0.25) is 0 Å². The van der Waals surface area contributed by atoms with Gasteiger partial charge in [-0.2, -0.15) is 20.5 Å². The minimum absolute atomic E-state index is 0.766. The van der Waals surface area contributed by atoms with E-state index in [1.165, 1.54) is 0 Å². The molecule has 6 heteroatoms. The van der Waals surface area contributed by atoms with Gasteiger partial charge in [0.15, 0.2) is 0 Å². The molecule has 0 aliphatic rings. The van der Waals surface area contributed by atoms with Crippen LogP contribution in [0.25, 0.3) is 0 Å². The monoisotopic (exact) mass is 358 g/mol. The van der Waals surface area contributed by atoms with Crippen molar-refractivity contribution in [2.45, 2.75) is 0 Å². The van der Waals surface area contributed by atoms with Gasteiger partial charge in [0, 0.05) is 32.5 Å². The van der Waals surface area contributed by atoms with Crippen LogP contribution >= 0.6 is 0 Å². The summed E-state index contributed by atoms with van der Waals surface area (Å²) in [5.74, 6) is 0. The smallest absolute Gasteiger partial charge is 0.0858 e. The minimum Gasteiger partial charge on any atom is -0.388 e. The Balaban J connectivity index is 1.63. The second-order valence-electron chi connectivity index (χ2n) is 6.12. The Labute approximate surface area is 159 Å². The summed E-state index contributed by atoms with van der Waals surface area (Å²) in [5.41, 5.74) is 5.32. The number of azo groups is 2. The van der Waals surface area contributed by atoms with Gasteiger partial charge in [-0.05, 0) is 72.8 Å². The molecule has 0 aliphatic carbocycles. The molecule has 0 aromatic heterocycles. The summed E-state index contributed by atoms with van der Waals surface area (Å²) in [6.07, 6.45) is 0. The van der Waals surface area contributed by atoms with E-state index in [9.17, 15) is 0 Å². The van der Waals surface area contributed by atoms with Crippen molar-refractivity contribution < 1.29 is 0 Å². The third-order valence-electron chi connectivity index (χ3n) is 3.93. The van der Waals surface area contributed by atoms with E-state index >= 15 is 0 Å². The van der Waals surface area contributed by atoms with Crippen molar-refractivity contribution in [3.05, 3.63) is 72.8 Å². The molecule has 1 N–H and O–H groups in total. The highest BCUT2D eigenvalue weighted by molar-refractivity contribution is 5.53. The molecule has 3 rings (SSSR count). The first kappa shape index (κ1) is 18.3. The van der Waals surface area contributed by atoms with Crippen molar-refractivity contribution >= 4 is 34.1 Å². The van der Waals surface area contributed by atoms with Crippen LogP contribution in [-0.4, -0.2) is 21.1 Å². The third kappa shape index (κ3) is 5.22. The van der Waals surface area contributed by atoms with Crippen molar-refractivity contribution in [1.82, 2.24) is 0 Å². The molecule has 0 radical (unpaired) electrons.